The zero-order chi connectivity index (χ0) is 10.1. The number of ether oxygens (including phenoxy) is 1. The minimum absolute atomic E-state index is 0.0317. The van der Waals surface area contributed by atoms with Crippen LogP contribution in [-0.2, 0) is 10.2 Å². The van der Waals surface area contributed by atoms with Crippen molar-refractivity contribution in [1.29, 1.82) is 0 Å². The lowest BCUT2D eigenvalue weighted by atomic mass is 10.5. The van der Waals surface area contributed by atoms with E-state index in [1.165, 1.54) is 7.11 Å². The second-order valence-electron chi connectivity index (χ2n) is 2.08. The van der Waals surface area contributed by atoms with Gasteiger partial charge < -0.3 is 4.74 Å². The third-order valence-corrected chi connectivity index (χ3v) is 2.29. The molecule has 0 spiro atoms. The van der Waals surface area contributed by atoms with E-state index in [4.69, 9.17) is 11.6 Å². The van der Waals surface area contributed by atoms with Crippen molar-refractivity contribution in [2.75, 3.05) is 7.11 Å². The molecule has 1 aromatic rings. The van der Waals surface area contributed by atoms with Gasteiger partial charge >= 0.3 is 10.2 Å². The van der Waals surface area contributed by atoms with Gasteiger partial charge in [0.2, 0.25) is 5.88 Å². The molecule has 72 valence electrons. The molecule has 0 radical (unpaired) electrons. The summed E-state index contributed by atoms with van der Waals surface area (Å²) in [5, 5.41) is 0.0317. The lowest BCUT2D eigenvalue weighted by Crippen LogP contribution is -1.99. The zero-order valence-corrected chi connectivity index (χ0v) is 8.06. The van der Waals surface area contributed by atoms with Gasteiger partial charge in [-0.1, -0.05) is 11.6 Å². The summed E-state index contributed by atoms with van der Waals surface area (Å²) in [6.07, 6.45) is 0. The number of hydrogen-bond acceptors (Lipinski definition) is 4. The maximum Gasteiger partial charge on any atom is 0.337 e. The number of halogens is 2. The van der Waals surface area contributed by atoms with Crippen LogP contribution in [0.1, 0.15) is 0 Å². The van der Waals surface area contributed by atoms with Crippen molar-refractivity contribution in [3.05, 3.63) is 17.3 Å². The van der Waals surface area contributed by atoms with Crippen molar-refractivity contribution in [2.45, 2.75) is 4.90 Å². The minimum atomic E-state index is -4.81. The topological polar surface area (TPSA) is 56.3 Å². The third-order valence-electron chi connectivity index (χ3n) is 1.25. The molecule has 0 aliphatic carbocycles. The monoisotopic (exact) mass is 225 g/mol. The van der Waals surface area contributed by atoms with E-state index < -0.39 is 15.1 Å². The molecule has 0 aliphatic heterocycles. The van der Waals surface area contributed by atoms with Gasteiger partial charge in [0.25, 0.3) is 0 Å². The first-order valence-electron chi connectivity index (χ1n) is 3.10. The third kappa shape index (κ3) is 2.28. The van der Waals surface area contributed by atoms with Crippen LogP contribution >= 0.6 is 11.6 Å². The van der Waals surface area contributed by atoms with Crippen molar-refractivity contribution in [1.82, 2.24) is 4.98 Å². The first-order chi connectivity index (χ1) is 5.95. The van der Waals surface area contributed by atoms with Crippen LogP contribution in [0.4, 0.5) is 3.89 Å². The Labute approximate surface area is 79.5 Å². The van der Waals surface area contributed by atoms with Gasteiger partial charge in [0.15, 0.2) is 4.90 Å². The molecule has 0 aromatic carbocycles. The highest BCUT2D eigenvalue weighted by molar-refractivity contribution is 7.86. The quantitative estimate of drug-likeness (QED) is 0.564. The summed E-state index contributed by atoms with van der Waals surface area (Å²) in [4.78, 5) is 2.86. The Balaban J connectivity index is 3.39. The normalized spacial score (nSPS) is 11.3. The number of rotatable bonds is 2. The predicted octanol–water partition coefficient (Wildman–Crippen LogP) is 1.40. The molecule has 1 rings (SSSR count). The van der Waals surface area contributed by atoms with E-state index in [1.807, 2.05) is 0 Å². The Morgan fingerprint density at radius 3 is 2.62 bits per heavy atom. The minimum Gasteiger partial charge on any atom is -0.480 e. The second-order valence-corrected chi connectivity index (χ2v) is 3.78. The Kier molecular flexibility index (Phi) is 2.72. The van der Waals surface area contributed by atoms with Gasteiger partial charge in [-0.25, -0.2) is 4.98 Å². The van der Waals surface area contributed by atoms with Gasteiger partial charge in [0.1, 0.15) is 5.15 Å². The highest BCUT2D eigenvalue weighted by atomic mass is 35.5. The van der Waals surface area contributed by atoms with Crippen molar-refractivity contribution >= 4 is 21.8 Å². The average Bonchev–Trinajstić information content (AvgIpc) is 2.01. The summed E-state index contributed by atoms with van der Waals surface area (Å²) in [5.74, 6) is -0.352. The highest BCUT2D eigenvalue weighted by Gasteiger charge is 2.19. The van der Waals surface area contributed by atoms with E-state index >= 15 is 0 Å². The van der Waals surface area contributed by atoms with E-state index in [1.54, 1.807) is 0 Å². The van der Waals surface area contributed by atoms with Crippen LogP contribution in [0.25, 0.3) is 0 Å². The highest BCUT2D eigenvalue weighted by Crippen LogP contribution is 2.24. The molecule has 1 heterocycles. The van der Waals surface area contributed by atoms with Crippen molar-refractivity contribution in [3.8, 4) is 5.88 Å². The average molecular weight is 226 g/mol. The van der Waals surface area contributed by atoms with Crippen molar-refractivity contribution in [3.63, 3.8) is 0 Å². The van der Waals surface area contributed by atoms with Gasteiger partial charge in [0.05, 0.1) is 7.11 Å². The molecule has 1 aromatic heterocycles. The Morgan fingerprint density at radius 1 is 1.54 bits per heavy atom. The standard InChI is InChI=1S/C6H5ClFNO3S/c1-12-6-4(13(8,10)11)2-3-5(7)9-6/h2-3H,1H3. The predicted molar refractivity (Wildman–Crippen MR) is 44.1 cm³/mol. The van der Waals surface area contributed by atoms with Gasteiger partial charge in [-0.3, -0.25) is 0 Å². The largest absolute Gasteiger partial charge is 0.480 e. The molecular weight excluding hydrogens is 221 g/mol. The van der Waals surface area contributed by atoms with E-state index in [0.717, 1.165) is 12.1 Å². The molecule has 0 bridgehead atoms. The zero-order valence-electron chi connectivity index (χ0n) is 6.49. The lowest BCUT2D eigenvalue weighted by Gasteiger charge is -2.02. The number of aromatic nitrogens is 1. The van der Waals surface area contributed by atoms with Crippen molar-refractivity contribution in [2.24, 2.45) is 0 Å². The summed E-state index contributed by atoms with van der Waals surface area (Å²) in [5.41, 5.74) is 0. The summed E-state index contributed by atoms with van der Waals surface area (Å²) in [6, 6.07) is 2.15. The van der Waals surface area contributed by atoms with Crippen LogP contribution in [0.5, 0.6) is 5.88 Å². The van der Waals surface area contributed by atoms with Crippen molar-refractivity contribution < 1.29 is 17.0 Å². The first kappa shape index (κ1) is 10.2. The van der Waals surface area contributed by atoms with E-state index in [9.17, 15) is 12.3 Å². The fourth-order valence-electron chi connectivity index (χ4n) is 0.737. The maximum absolute atomic E-state index is 12.5. The van der Waals surface area contributed by atoms with Crippen LogP contribution < -0.4 is 4.74 Å². The summed E-state index contributed by atoms with van der Waals surface area (Å²) >= 11 is 5.44. The van der Waals surface area contributed by atoms with E-state index in [-0.39, 0.29) is 11.0 Å². The Bertz CT molecular complexity index is 420. The molecule has 4 nitrogen and oxygen atoms in total. The molecule has 0 saturated heterocycles. The smallest absolute Gasteiger partial charge is 0.337 e. The van der Waals surface area contributed by atoms with Crippen LogP contribution in [0.2, 0.25) is 5.15 Å². The number of nitrogens with zero attached hydrogens (tertiary/aromatic N) is 1. The second kappa shape index (κ2) is 3.47. The molecule has 0 saturated carbocycles. The van der Waals surface area contributed by atoms with Gasteiger partial charge in [-0.05, 0) is 12.1 Å². The molecule has 13 heavy (non-hydrogen) atoms. The fraction of sp³-hybridized carbons (Fsp3) is 0.167. The van der Waals surface area contributed by atoms with E-state index in [0.29, 0.717) is 0 Å². The van der Waals surface area contributed by atoms with Gasteiger partial charge in [-0.2, -0.15) is 8.42 Å². The van der Waals surface area contributed by atoms with E-state index in [2.05, 4.69) is 9.72 Å². The van der Waals surface area contributed by atoms with Gasteiger partial charge in [0, 0.05) is 0 Å². The summed E-state index contributed by atoms with van der Waals surface area (Å²) in [7, 11) is -3.63. The number of pyridine rings is 1. The molecule has 0 amide bonds. The first-order valence-corrected chi connectivity index (χ1v) is 4.86. The number of methoxy groups -OCH3 is 1. The maximum atomic E-state index is 12.5. The Hall–Kier alpha value is -0.880. The van der Waals surface area contributed by atoms with Gasteiger partial charge in [-0.15, -0.1) is 3.89 Å². The van der Waals surface area contributed by atoms with Crippen LogP contribution in [0.3, 0.4) is 0 Å². The lowest BCUT2D eigenvalue weighted by molar-refractivity contribution is 0.384. The Morgan fingerprint density at radius 2 is 2.15 bits per heavy atom. The summed E-state index contributed by atoms with van der Waals surface area (Å²) < 4.78 is 38.0. The number of hydrogen-bond donors (Lipinski definition) is 0. The molecule has 0 N–H and O–H groups in total. The fourth-order valence-corrected chi connectivity index (χ4v) is 1.44. The molecular formula is C6H5ClFNO3S. The summed E-state index contributed by atoms with van der Waals surface area (Å²) in [6.45, 7) is 0. The molecule has 0 atom stereocenters. The molecule has 7 heteroatoms. The van der Waals surface area contributed by atoms with Crippen LogP contribution in [0, 0.1) is 0 Å². The molecule has 0 unspecified atom stereocenters. The SMILES string of the molecule is COc1nc(Cl)ccc1S(=O)(=O)F. The molecule has 0 aliphatic rings. The molecule has 0 fully saturated rings. The van der Waals surface area contributed by atoms with Crippen LogP contribution in [0.15, 0.2) is 17.0 Å². The van der Waals surface area contributed by atoms with Crippen LogP contribution in [-0.4, -0.2) is 20.5 Å².